The molecule has 0 saturated heterocycles. The lowest BCUT2D eigenvalue weighted by Crippen LogP contribution is -2.08. The monoisotopic (exact) mass is 384 g/mol. The van der Waals surface area contributed by atoms with E-state index in [1.54, 1.807) is 18.6 Å². The van der Waals surface area contributed by atoms with Gasteiger partial charge in [0.05, 0.1) is 17.8 Å². The van der Waals surface area contributed by atoms with Gasteiger partial charge in [-0.25, -0.2) is 0 Å². The summed E-state index contributed by atoms with van der Waals surface area (Å²) in [4.78, 5) is 15.8. The highest BCUT2D eigenvalue weighted by molar-refractivity contribution is 6.13. The lowest BCUT2D eigenvalue weighted by molar-refractivity contribution is 0.838. The minimum atomic E-state index is -0.105. The van der Waals surface area contributed by atoms with Crippen molar-refractivity contribution in [1.29, 1.82) is 0 Å². The Morgan fingerprint density at radius 3 is 2.38 bits per heavy atom. The molecule has 29 heavy (non-hydrogen) atoms. The van der Waals surface area contributed by atoms with E-state index in [0.29, 0.717) is 11.9 Å². The van der Waals surface area contributed by atoms with Gasteiger partial charge in [0.2, 0.25) is 0 Å². The van der Waals surface area contributed by atoms with E-state index in [4.69, 9.17) is 5.73 Å². The van der Waals surface area contributed by atoms with E-state index < -0.39 is 0 Å². The number of pyridine rings is 1. The molecule has 0 bridgehead atoms. The maximum absolute atomic E-state index is 12.9. The molecule has 5 rings (SSSR count). The molecule has 7 heteroatoms. The molecule has 0 amide bonds. The normalized spacial score (nSPS) is 11.5. The van der Waals surface area contributed by atoms with E-state index in [1.807, 2.05) is 12.4 Å². The van der Waals surface area contributed by atoms with E-state index in [9.17, 15) is 4.79 Å². The highest BCUT2D eigenvalue weighted by Crippen LogP contribution is 2.35. The summed E-state index contributed by atoms with van der Waals surface area (Å²) in [5.41, 5.74) is 10.7. The van der Waals surface area contributed by atoms with Crippen molar-refractivity contribution in [2.45, 2.75) is 12.8 Å². The van der Waals surface area contributed by atoms with Gasteiger partial charge in [-0.05, 0) is 58.8 Å². The first-order valence-electron chi connectivity index (χ1n) is 9.55. The molecule has 0 saturated carbocycles. The Bertz CT molecular complexity index is 1350. The molecule has 5 N–H and O–H groups in total. The molecule has 0 aliphatic heterocycles. The number of aromatic amines is 3. The highest BCUT2D eigenvalue weighted by atomic mass is 16.1. The standard InChI is InChI=1S/C22H20N6O/c23-5-1-2-14-7-19-20(16-10-27-28-11-16)12-24-22(29)21(19)18-6-13(3-4-17(14)18)15-8-25-26-9-15/h3-4,6-12H,1-2,5,23H2,(H,24,29)(H,25,26)(H,27,28). The number of nitrogens with one attached hydrogen (secondary N) is 3. The van der Waals surface area contributed by atoms with Crippen molar-refractivity contribution in [2.24, 2.45) is 5.73 Å². The molecule has 3 aromatic heterocycles. The van der Waals surface area contributed by atoms with Crippen molar-refractivity contribution >= 4 is 21.5 Å². The maximum atomic E-state index is 12.9. The van der Waals surface area contributed by atoms with Gasteiger partial charge in [-0.15, -0.1) is 0 Å². The number of aromatic nitrogens is 5. The first-order valence-corrected chi connectivity index (χ1v) is 9.55. The van der Waals surface area contributed by atoms with Crippen molar-refractivity contribution < 1.29 is 0 Å². The minimum absolute atomic E-state index is 0.105. The van der Waals surface area contributed by atoms with Crippen LogP contribution in [0.1, 0.15) is 12.0 Å². The quantitative estimate of drug-likeness (QED) is 0.348. The number of nitrogens with zero attached hydrogens (tertiary/aromatic N) is 2. The van der Waals surface area contributed by atoms with Gasteiger partial charge < -0.3 is 10.7 Å². The molecule has 0 fully saturated rings. The van der Waals surface area contributed by atoms with Gasteiger partial charge in [-0.1, -0.05) is 12.1 Å². The zero-order valence-corrected chi connectivity index (χ0v) is 15.7. The largest absolute Gasteiger partial charge is 0.330 e. The summed E-state index contributed by atoms with van der Waals surface area (Å²) >= 11 is 0. The van der Waals surface area contributed by atoms with Gasteiger partial charge in [-0.3, -0.25) is 15.0 Å². The zero-order valence-electron chi connectivity index (χ0n) is 15.7. The van der Waals surface area contributed by atoms with Crippen LogP contribution in [0.3, 0.4) is 0 Å². The predicted octanol–water partition coefficient (Wildman–Crippen LogP) is 3.35. The molecule has 144 valence electrons. The highest BCUT2D eigenvalue weighted by Gasteiger charge is 2.15. The molecule has 0 spiro atoms. The Morgan fingerprint density at radius 2 is 1.66 bits per heavy atom. The molecular formula is C22H20N6O. The summed E-state index contributed by atoms with van der Waals surface area (Å²) < 4.78 is 0. The number of H-pyrrole nitrogens is 3. The second-order valence-electron chi connectivity index (χ2n) is 7.12. The van der Waals surface area contributed by atoms with Gasteiger partial charge in [0.1, 0.15) is 0 Å². The lowest BCUT2D eigenvalue weighted by atomic mass is 9.91. The molecule has 0 atom stereocenters. The van der Waals surface area contributed by atoms with Gasteiger partial charge in [0, 0.05) is 35.3 Å². The summed E-state index contributed by atoms with van der Waals surface area (Å²) in [5.74, 6) is 0. The first-order chi connectivity index (χ1) is 14.3. The van der Waals surface area contributed by atoms with E-state index in [2.05, 4.69) is 49.6 Å². The third-order valence-electron chi connectivity index (χ3n) is 5.38. The van der Waals surface area contributed by atoms with Crippen LogP contribution in [0.2, 0.25) is 0 Å². The third kappa shape index (κ3) is 2.92. The summed E-state index contributed by atoms with van der Waals surface area (Å²) in [6.07, 6.45) is 10.7. The zero-order chi connectivity index (χ0) is 19.8. The van der Waals surface area contributed by atoms with Gasteiger partial charge in [0.25, 0.3) is 5.56 Å². The number of rotatable bonds is 5. The number of aryl methyl sites for hydroxylation is 1. The summed E-state index contributed by atoms with van der Waals surface area (Å²) in [6, 6.07) is 8.36. The number of hydrogen-bond acceptors (Lipinski definition) is 4. The van der Waals surface area contributed by atoms with Crippen LogP contribution in [0, 0.1) is 0 Å². The average Bonchev–Trinajstić information content (AvgIpc) is 3.46. The SMILES string of the molecule is NCCCc1cc2c(-c3cn[nH]c3)c[nH]c(=O)c2c2cc(-c3cn[nH]c3)ccc12. The topological polar surface area (TPSA) is 116 Å². The van der Waals surface area contributed by atoms with Crippen LogP contribution in [0.5, 0.6) is 0 Å². The van der Waals surface area contributed by atoms with Crippen LogP contribution in [0.4, 0.5) is 0 Å². The number of hydrogen-bond donors (Lipinski definition) is 4. The summed E-state index contributed by atoms with van der Waals surface area (Å²) in [5, 5.41) is 17.4. The van der Waals surface area contributed by atoms with Gasteiger partial charge in [0.15, 0.2) is 0 Å². The second-order valence-corrected chi connectivity index (χ2v) is 7.12. The fourth-order valence-electron chi connectivity index (χ4n) is 3.97. The second kappa shape index (κ2) is 7.03. The minimum Gasteiger partial charge on any atom is -0.330 e. The summed E-state index contributed by atoms with van der Waals surface area (Å²) in [7, 11) is 0. The molecule has 0 unspecified atom stereocenters. The molecule has 2 aromatic carbocycles. The lowest BCUT2D eigenvalue weighted by Gasteiger charge is -2.13. The fraction of sp³-hybridized carbons (Fsp3) is 0.136. The van der Waals surface area contributed by atoms with Crippen molar-refractivity contribution in [3.05, 3.63) is 71.2 Å². The smallest absolute Gasteiger partial charge is 0.256 e. The van der Waals surface area contributed by atoms with Gasteiger partial charge in [-0.2, -0.15) is 10.2 Å². The molecule has 0 radical (unpaired) electrons. The molecule has 7 nitrogen and oxygen atoms in total. The predicted molar refractivity (Wildman–Crippen MR) is 115 cm³/mol. The van der Waals surface area contributed by atoms with Crippen LogP contribution >= 0.6 is 0 Å². The van der Waals surface area contributed by atoms with Crippen LogP contribution in [-0.2, 0) is 6.42 Å². The van der Waals surface area contributed by atoms with E-state index in [-0.39, 0.29) is 5.56 Å². The molecule has 3 heterocycles. The maximum Gasteiger partial charge on any atom is 0.256 e. The Labute approximate surface area is 166 Å². The molecular weight excluding hydrogens is 364 g/mol. The van der Waals surface area contributed by atoms with Crippen LogP contribution < -0.4 is 11.3 Å². The van der Waals surface area contributed by atoms with Crippen molar-refractivity contribution in [2.75, 3.05) is 6.54 Å². The molecule has 5 aromatic rings. The third-order valence-corrected chi connectivity index (χ3v) is 5.38. The Hall–Kier alpha value is -3.71. The fourth-order valence-corrected chi connectivity index (χ4v) is 3.97. The van der Waals surface area contributed by atoms with Crippen LogP contribution in [0.25, 0.3) is 43.8 Å². The Balaban J connectivity index is 1.89. The Kier molecular flexibility index (Phi) is 4.22. The van der Waals surface area contributed by atoms with Crippen molar-refractivity contribution in [1.82, 2.24) is 25.4 Å². The molecule has 0 aliphatic rings. The average molecular weight is 384 g/mol. The van der Waals surface area contributed by atoms with Crippen LogP contribution in [0.15, 0.2) is 60.0 Å². The number of nitrogens with two attached hydrogens (primary N) is 1. The van der Waals surface area contributed by atoms with Crippen LogP contribution in [-0.4, -0.2) is 31.9 Å². The molecule has 0 aliphatic carbocycles. The van der Waals surface area contributed by atoms with E-state index in [1.165, 1.54) is 5.56 Å². The van der Waals surface area contributed by atoms with E-state index >= 15 is 0 Å². The number of fused-ring (bicyclic) bond motifs is 3. The van der Waals surface area contributed by atoms with E-state index in [0.717, 1.165) is 51.3 Å². The van der Waals surface area contributed by atoms with Gasteiger partial charge >= 0.3 is 0 Å². The number of benzene rings is 2. The van der Waals surface area contributed by atoms with Crippen molar-refractivity contribution in [3.8, 4) is 22.3 Å². The Morgan fingerprint density at radius 1 is 0.862 bits per heavy atom. The van der Waals surface area contributed by atoms with Crippen molar-refractivity contribution in [3.63, 3.8) is 0 Å². The summed E-state index contributed by atoms with van der Waals surface area (Å²) in [6.45, 7) is 0.622. The first kappa shape index (κ1) is 17.4.